The van der Waals surface area contributed by atoms with Crippen LogP contribution in [-0.2, 0) is 14.3 Å². The van der Waals surface area contributed by atoms with E-state index in [-0.39, 0.29) is 23.7 Å². The zero-order valence-corrected chi connectivity index (χ0v) is 9.63. The predicted molar refractivity (Wildman–Crippen MR) is 56.7 cm³/mol. The van der Waals surface area contributed by atoms with Gasteiger partial charge in [0.1, 0.15) is 5.88 Å². The molecule has 15 heavy (non-hydrogen) atoms. The van der Waals surface area contributed by atoms with Crippen molar-refractivity contribution in [3.05, 3.63) is 0 Å². The number of carbonyl (C=O) groups is 2. The smallest absolute Gasteiger partial charge is 0.310 e. The van der Waals surface area contributed by atoms with Crippen molar-refractivity contribution in [2.24, 2.45) is 5.92 Å². The van der Waals surface area contributed by atoms with Gasteiger partial charge in [-0.25, -0.2) is 0 Å². The van der Waals surface area contributed by atoms with Crippen LogP contribution in [0.15, 0.2) is 0 Å². The van der Waals surface area contributed by atoms with Crippen molar-refractivity contribution in [2.45, 2.75) is 19.8 Å². The van der Waals surface area contributed by atoms with E-state index in [1.54, 1.807) is 11.8 Å². The molecular weight excluding hydrogens is 218 g/mol. The zero-order chi connectivity index (χ0) is 11.3. The first-order chi connectivity index (χ1) is 7.19. The number of alkyl halides is 1. The maximum Gasteiger partial charge on any atom is 0.310 e. The molecule has 86 valence electrons. The minimum Gasteiger partial charge on any atom is -0.466 e. The van der Waals surface area contributed by atoms with Crippen LogP contribution in [0.4, 0.5) is 0 Å². The Hall–Kier alpha value is -0.770. The predicted octanol–water partition coefficient (Wildman–Crippen LogP) is 1.03. The Labute approximate surface area is 94.5 Å². The molecule has 0 N–H and O–H groups in total. The average molecular weight is 234 g/mol. The maximum atomic E-state index is 11.5. The van der Waals surface area contributed by atoms with Crippen LogP contribution in [0.2, 0.25) is 0 Å². The monoisotopic (exact) mass is 233 g/mol. The van der Waals surface area contributed by atoms with Crippen LogP contribution in [0.1, 0.15) is 19.8 Å². The van der Waals surface area contributed by atoms with Crippen molar-refractivity contribution in [1.29, 1.82) is 0 Å². The second-order valence-corrected chi connectivity index (χ2v) is 3.83. The Bertz CT molecular complexity index is 245. The Morgan fingerprint density at radius 2 is 2.27 bits per heavy atom. The minimum absolute atomic E-state index is 0.0183. The lowest BCUT2D eigenvalue weighted by molar-refractivity contribution is -0.151. The third kappa shape index (κ3) is 3.38. The van der Waals surface area contributed by atoms with Gasteiger partial charge in [0.2, 0.25) is 5.91 Å². The van der Waals surface area contributed by atoms with Crippen LogP contribution in [0.5, 0.6) is 0 Å². The van der Waals surface area contributed by atoms with Gasteiger partial charge in [0.05, 0.1) is 12.5 Å². The van der Waals surface area contributed by atoms with Crippen LogP contribution in [-0.4, -0.2) is 42.4 Å². The van der Waals surface area contributed by atoms with Crippen LogP contribution in [0, 0.1) is 5.92 Å². The van der Waals surface area contributed by atoms with Gasteiger partial charge in [-0.1, -0.05) is 0 Å². The number of likely N-dealkylation sites (tertiary alicyclic amines) is 1. The number of piperidine rings is 1. The standard InChI is InChI=1S/C10H16ClNO3/c1-2-15-10(14)8-4-3-5-12(7-8)9(13)6-11/h8H,2-7H2,1H3. The van der Waals surface area contributed by atoms with Crippen molar-refractivity contribution in [3.63, 3.8) is 0 Å². The molecule has 1 unspecified atom stereocenters. The number of carbonyl (C=O) groups excluding carboxylic acids is 2. The number of halogens is 1. The molecule has 0 bridgehead atoms. The average Bonchev–Trinajstić information content (AvgIpc) is 2.28. The molecule has 1 aliphatic rings. The summed E-state index contributed by atoms with van der Waals surface area (Å²) in [6.07, 6.45) is 1.64. The van der Waals surface area contributed by atoms with Crippen molar-refractivity contribution < 1.29 is 14.3 Å². The Morgan fingerprint density at radius 3 is 2.87 bits per heavy atom. The first kappa shape index (κ1) is 12.3. The fraction of sp³-hybridized carbons (Fsp3) is 0.800. The summed E-state index contributed by atoms with van der Waals surface area (Å²) in [5, 5.41) is 0. The summed E-state index contributed by atoms with van der Waals surface area (Å²) in [4.78, 5) is 24.4. The lowest BCUT2D eigenvalue weighted by atomic mass is 9.98. The highest BCUT2D eigenvalue weighted by atomic mass is 35.5. The van der Waals surface area contributed by atoms with Crippen LogP contribution in [0.3, 0.4) is 0 Å². The molecule has 1 rings (SSSR count). The molecule has 4 nitrogen and oxygen atoms in total. The third-order valence-corrected chi connectivity index (χ3v) is 2.74. The SMILES string of the molecule is CCOC(=O)C1CCCN(C(=O)CCl)C1. The molecule has 0 aliphatic carbocycles. The quantitative estimate of drug-likeness (QED) is 0.540. The number of esters is 1. The summed E-state index contributed by atoms with van der Waals surface area (Å²) >= 11 is 5.47. The lowest BCUT2D eigenvalue weighted by Crippen LogP contribution is -2.43. The van der Waals surface area contributed by atoms with Crippen LogP contribution in [0.25, 0.3) is 0 Å². The maximum absolute atomic E-state index is 11.5. The summed E-state index contributed by atoms with van der Waals surface area (Å²) in [6, 6.07) is 0. The molecule has 1 aliphatic heterocycles. The summed E-state index contributed by atoms with van der Waals surface area (Å²) in [6.45, 7) is 3.31. The Kier molecular flexibility index (Phi) is 4.88. The van der Waals surface area contributed by atoms with Crippen molar-refractivity contribution in [1.82, 2.24) is 4.90 Å². The first-order valence-electron chi connectivity index (χ1n) is 5.19. The molecule has 0 aromatic heterocycles. The number of rotatable bonds is 3. The molecule has 0 radical (unpaired) electrons. The second kappa shape index (κ2) is 5.95. The molecule has 0 aromatic carbocycles. The Balaban J connectivity index is 2.48. The van der Waals surface area contributed by atoms with E-state index in [1.807, 2.05) is 0 Å². The van der Waals surface area contributed by atoms with Gasteiger partial charge < -0.3 is 9.64 Å². The van der Waals surface area contributed by atoms with Gasteiger partial charge in [-0.3, -0.25) is 9.59 Å². The molecule has 1 heterocycles. The van der Waals surface area contributed by atoms with Gasteiger partial charge in [-0.05, 0) is 19.8 Å². The minimum atomic E-state index is -0.204. The summed E-state index contributed by atoms with van der Waals surface area (Å²) in [5.74, 6) is -0.503. The number of hydrogen-bond acceptors (Lipinski definition) is 3. The highest BCUT2D eigenvalue weighted by Gasteiger charge is 2.28. The lowest BCUT2D eigenvalue weighted by Gasteiger charge is -2.31. The van der Waals surface area contributed by atoms with E-state index in [4.69, 9.17) is 16.3 Å². The fourth-order valence-electron chi connectivity index (χ4n) is 1.74. The molecule has 0 saturated carbocycles. The molecule has 1 fully saturated rings. The molecule has 1 saturated heterocycles. The zero-order valence-electron chi connectivity index (χ0n) is 8.87. The largest absolute Gasteiger partial charge is 0.466 e. The van der Waals surface area contributed by atoms with Gasteiger partial charge in [0, 0.05) is 13.1 Å². The van der Waals surface area contributed by atoms with E-state index in [0.29, 0.717) is 19.7 Å². The van der Waals surface area contributed by atoms with Gasteiger partial charge in [-0.15, -0.1) is 11.6 Å². The second-order valence-electron chi connectivity index (χ2n) is 3.56. The van der Waals surface area contributed by atoms with E-state index in [2.05, 4.69) is 0 Å². The summed E-state index contributed by atoms with van der Waals surface area (Å²) < 4.78 is 4.93. The normalized spacial score (nSPS) is 21.2. The van der Waals surface area contributed by atoms with Crippen molar-refractivity contribution in [2.75, 3.05) is 25.6 Å². The van der Waals surface area contributed by atoms with Crippen molar-refractivity contribution >= 4 is 23.5 Å². The molecule has 1 amide bonds. The molecular formula is C10H16ClNO3. The number of hydrogen-bond donors (Lipinski definition) is 0. The summed E-state index contributed by atoms with van der Waals surface area (Å²) in [5.41, 5.74) is 0. The Morgan fingerprint density at radius 1 is 1.53 bits per heavy atom. The first-order valence-corrected chi connectivity index (χ1v) is 5.72. The van der Waals surface area contributed by atoms with E-state index in [0.717, 1.165) is 12.8 Å². The van der Waals surface area contributed by atoms with Gasteiger partial charge in [0.25, 0.3) is 0 Å². The molecule has 1 atom stereocenters. The van der Waals surface area contributed by atoms with Gasteiger partial charge in [0.15, 0.2) is 0 Å². The number of nitrogens with zero attached hydrogens (tertiary/aromatic N) is 1. The van der Waals surface area contributed by atoms with E-state index < -0.39 is 0 Å². The highest BCUT2D eigenvalue weighted by Crippen LogP contribution is 2.18. The molecule has 5 heteroatoms. The van der Waals surface area contributed by atoms with Crippen LogP contribution < -0.4 is 0 Å². The number of ether oxygens (including phenoxy) is 1. The fourth-order valence-corrected chi connectivity index (χ4v) is 1.91. The molecule has 0 spiro atoms. The number of amides is 1. The van der Waals surface area contributed by atoms with E-state index in [9.17, 15) is 9.59 Å². The van der Waals surface area contributed by atoms with E-state index in [1.165, 1.54) is 0 Å². The van der Waals surface area contributed by atoms with E-state index >= 15 is 0 Å². The highest BCUT2D eigenvalue weighted by molar-refractivity contribution is 6.27. The van der Waals surface area contributed by atoms with Gasteiger partial charge in [-0.2, -0.15) is 0 Å². The van der Waals surface area contributed by atoms with Crippen molar-refractivity contribution in [3.8, 4) is 0 Å². The summed E-state index contributed by atoms with van der Waals surface area (Å²) in [7, 11) is 0. The third-order valence-electron chi connectivity index (χ3n) is 2.51. The van der Waals surface area contributed by atoms with Gasteiger partial charge >= 0.3 is 5.97 Å². The molecule has 0 aromatic rings. The topological polar surface area (TPSA) is 46.6 Å². The van der Waals surface area contributed by atoms with Crippen LogP contribution >= 0.6 is 11.6 Å².